The van der Waals surface area contributed by atoms with Crippen molar-refractivity contribution in [1.29, 1.82) is 0 Å². The molecule has 2 atom stereocenters. The second-order valence-corrected chi connectivity index (χ2v) is 5.80. The van der Waals surface area contributed by atoms with E-state index in [0.29, 0.717) is 24.2 Å². The molecule has 0 saturated carbocycles. The topological polar surface area (TPSA) is 63.5 Å². The first kappa shape index (κ1) is 14.8. The number of benzene rings is 1. The summed E-state index contributed by atoms with van der Waals surface area (Å²) in [7, 11) is 0. The zero-order valence-corrected chi connectivity index (χ0v) is 12.3. The van der Waals surface area contributed by atoms with Gasteiger partial charge in [-0.1, -0.05) is 13.0 Å². The highest BCUT2D eigenvalue weighted by Crippen LogP contribution is 2.26. The molecule has 0 bridgehead atoms. The SMILES string of the molecule is Cc1c(C(=O)N2CCC(Cl)C(C)C2)cccc1[N+](=O)[O-]. The van der Waals surface area contributed by atoms with Crippen molar-refractivity contribution in [3.05, 3.63) is 39.4 Å². The minimum absolute atomic E-state index is 0.0175. The first-order valence-corrected chi connectivity index (χ1v) is 7.02. The first-order chi connectivity index (χ1) is 9.41. The Bertz CT molecular complexity index is 547. The van der Waals surface area contributed by atoms with Gasteiger partial charge in [0.05, 0.1) is 4.92 Å². The number of carbonyl (C=O) groups is 1. The van der Waals surface area contributed by atoms with Crippen molar-refractivity contribution < 1.29 is 9.72 Å². The van der Waals surface area contributed by atoms with Crippen LogP contribution in [0.2, 0.25) is 0 Å². The van der Waals surface area contributed by atoms with Gasteiger partial charge in [0, 0.05) is 35.7 Å². The van der Waals surface area contributed by atoms with Crippen LogP contribution in [0.15, 0.2) is 18.2 Å². The summed E-state index contributed by atoms with van der Waals surface area (Å²) in [4.78, 5) is 24.7. The summed E-state index contributed by atoms with van der Waals surface area (Å²) in [5.41, 5.74) is 0.804. The Morgan fingerprint density at radius 3 is 2.80 bits per heavy atom. The first-order valence-electron chi connectivity index (χ1n) is 6.59. The minimum atomic E-state index is -0.459. The van der Waals surface area contributed by atoms with E-state index in [-0.39, 0.29) is 22.9 Å². The van der Waals surface area contributed by atoms with Crippen molar-refractivity contribution in [3.63, 3.8) is 0 Å². The third-order valence-corrected chi connectivity index (χ3v) is 4.47. The number of alkyl halides is 1. The molecule has 0 aliphatic carbocycles. The van der Waals surface area contributed by atoms with Gasteiger partial charge in [-0.25, -0.2) is 0 Å². The fraction of sp³-hybridized carbons (Fsp3) is 0.500. The summed E-state index contributed by atoms with van der Waals surface area (Å²) in [6.07, 6.45) is 0.752. The van der Waals surface area contributed by atoms with Crippen LogP contribution in [0.1, 0.15) is 29.3 Å². The molecule has 0 radical (unpaired) electrons. The van der Waals surface area contributed by atoms with Gasteiger partial charge in [0.15, 0.2) is 0 Å². The summed E-state index contributed by atoms with van der Waals surface area (Å²) in [5, 5.41) is 11.0. The third-order valence-electron chi connectivity index (χ3n) is 3.82. The van der Waals surface area contributed by atoms with Gasteiger partial charge >= 0.3 is 0 Å². The number of nitrogens with zero attached hydrogens (tertiary/aromatic N) is 2. The van der Waals surface area contributed by atoms with E-state index >= 15 is 0 Å². The summed E-state index contributed by atoms with van der Waals surface area (Å²) >= 11 is 6.15. The third kappa shape index (κ3) is 2.77. The average Bonchev–Trinajstić information content (AvgIpc) is 2.41. The molecule has 108 valence electrons. The van der Waals surface area contributed by atoms with Crippen LogP contribution in [0.3, 0.4) is 0 Å². The lowest BCUT2D eigenvalue weighted by Crippen LogP contribution is -2.43. The molecule has 6 heteroatoms. The lowest BCUT2D eigenvalue weighted by Gasteiger charge is -2.34. The Kier molecular flexibility index (Phi) is 4.28. The number of amides is 1. The lowest BCUT2D eigenvalue weighted by molar-refractivity contribution is -0.385. The maximum absolute atomic E-state index is 12.5. The highest BCUT2D eigenvalue weighted by atomic mass is 35.5. The highest BCUT2D eigenvalue weighted by molar-refractivity contribution is 6.20. The molecule has 5 nitrogen and oxygen atoms in total. The van der Waals surface area contributed by atoms with Crippen molar-refractivity contribution in [3.8, 4) is 0 Å². The highest BCUT2D eigenvalue weighted by Gasteiger charge is 2.29. The molecule has 1 amide bonds. The van der Waals surface area contributed by atoms with Gasteiger partial charge in [-0.3, -0.25) is 14.9 Å². The van der Waals surface area contributed by atoms with Gasteiger partial charge in [-0.2, -0.15) is 0 Å². The van der Waals surface area contributed by atoms with E-state index in [0.717, 1.165) is 6.42 Å². The van der Waals surface area contributed by atoms with Crippen LogP contribution in [0.5, 0.6) is 0 Å². The molecule has 0 N–H and O–H groups in total. The number of halogens is 1. The fourth-order valence-corrected chi connectivity index (χ4v) is 2.70. The summed E-state index contributed by atoms with van der Waals surface area (Å²) in [6.45, 7) is 4.81. The molecule has 1 heterocycles. The average molecular weight is 297 g/mol. The second-order valence-electron chi connectivity index (χ2n) is 5.24. The van der Waals surface area contributed by atoms with Crippen LogP contribution < -0.4 is 0 Å². The van der Waals surface area contributed by atoms with E-state index in [1.807, 2.05) is 6.92 Å². The zero-order valence-electron chi connectivity index (χ0n) is 11.5. The van der Waals surface area contributed by atoms with Gasteiger partial charge in [-0.15, -0.1) is 11.6 Å². The predicted molar refractivity (Wildman–Crippen MR) is 77.2 cm³/mol. The molecule has 0 aromatic heterocycles. The Hall–Kier alpha value is -1.62. The van der Waals surface area contributed by atoms with Crippen LogP contribution in [0.25, 0.3) is 0 Å². The molecule has 1 fully saturated rings. The second kappa shape index (κ2) is 5.79. The maximum Gasteiger partial charge on any atom is 0.273 e. The number of carbonyl (C=O) groups excluding carboxylic acids is 1. The lowest BCUT2D eigenvalue weighted by atomic mass is 9.98. The molecular weight excluding hydrogens is 280 g/mol. The molecule has 1 aliphatic heterocycles. The molecule has 1 saturated heterocycles. The minimum Gasteiger partial charge on any atom is -0.338 e. The summed E-state index contributed by atoms with van der Waals surface area (Å²) in [6, 6.07) is 4.61. The number of nitro groups is 1. The molecule has 1 aliphatic rings. The summed E-state index contributed by atoms with van der Waals surface area (Å²) in [5.74, 6) is 0.0787. The van der Waals surface area contributed by atoms with E-state index in [9.17, 15) is 14.9 Å². The monoisotopic (exact) mass is 296 g/mol. The van der Waals surface area contributed by atoms with E-state index in [2.05, 4.69) is 0 Å². The van der Waals surface area contributed by atoms with Crippen molar-refractivity contribution in [1.82, 2.24) is 4.90 Å². The van der Waals surface area contributed by atoms with Crippen LogP contribution >= 0.6 is 11.6 Å². The molecule has 1 aromatic carbocycles. The standard InChI is InChI=1S/C14H17ClN2O3/c1-9-8-16(7-6-12(9)15)14(18)11-4-3-5-13(10(11)2)17(19)20/h3-5,9,12H,6-8H2,1-2H3. The number of hydrogen-bond acceptors (Lipinski definition) is 3. The maximum atomic E-state index is 12.5. The van der Waals surface area contributed by atoms with Gasteiger partial charge in [0.1, 0.15) is 0 Å². The normalized spacial score (nSPS) is 22.6. The molecule has 2 rings (SSSR count). The van der Waals surface area contributed by atoms with Crippen LogP contribution in [-0.4, -0.2) is 34.2 Å². The van der Waals surface area contributed by atoms with Crippen molar-refractivity contribution >= 4 is 23.2 Å². The quantitative estimate of drug-likeness (QED) is 0.479. The van der Waals surface area contributed by atoms with Gasteiger partial charge in [0.2, 0.25) is 0 Å². The van der Waals surface area contributed by atoms with Gasteiger partial charge in [-0.05, 0) is 25.3 Å². The zero-order chi connectivity index (χ0) is 14.9. The molecule has 1 aromatic rings. The van der Waals surface area contributed by atoms with Crippen molar-refractivity contribution in [2.24, 2.45) is 5.92 Å². The molecule has 0 spiro atoms. The smallest absolute Gasteiger partial charge is 0.273 e. The van der Waals surface area contributed by atoms with Gasteiger partial charge in [0.25, 0.3) is 11.6 Å². The Morgan fingerprint density at radius 2 is 2.20 bits per heavy atom. The fourth-order valence-electron chi connectivity index (χ4n) is 2.52. The number of piperidine rings is 1. The molecular formula is C14H17ClN2O3. The van der Waals surface area contributed by atoms with E-state index in [1.165, 1.54) is 6.07 Å². The largest absolute Gasteiger partial charge is 0.338 e. The predicted octanol–water partition coefficient (Wildman–Crippen LogP) is 2.99. The number of rotatable bonds is 2. The van der Waals surface area contributed by atoms with Crippen molar-refractivity contribution in [2.75, 3.05) is 13.1 Å². The van der Waals surface area contributed by atoms with Crippen molar-refractivity contribution in [2.45, 2.75) is 25.6 Å². The Morgan fingerprint density at radius 1 is 1.50 bits per heavy atom. The molecule has 20 heavy (non-hydrogen) atoms. The van der Waals surface area contributed by atoms with E-state index < -0.39 is 4.92 Å². The number of hydrogen-bond donors (Lipinski definition) is 0. The Labute approximate surface area is 122 Å². The summed E-state index contributed by atoms with van der Waals surface area (Å²) < 4.78 is 0. The van der Waals surface area contributed by atoms with Crippen LogP contribution in [-0.2, 0) is 0 Å². The number of likely N-dealkylation sites (tertiary alicyclic amines) is 1. The van der Waals surface area contributed by atoms with Gasteiger partial charge < -0.3 is 4.90 Å². The molecule has 2 unspecified atom stereocenters. The number of nitro benzene ring substituents is 1. The Balaban J connectivity index is 2.26. The van der Waals surface area contributed by atoms with Crippen LogP contribution in [0.4, 0.5) is 5.69 Å². The van der Waals surface area contributed by atoms with E-state index in [4.69, 9.17) is 11.6 Å². The van der Waals surface area contributed by atoms with Crippen LogP contribution in [0, 0.1) is 23.0 Å². The van der Waals surface area contributed by atoms with E-state index in [1.54, 1.807) is 24.0 Å².